The Balaban J connectivity index is 2.10. The van der Waals surface area contributed by atoms with E-state index in [-0.39, 0.29) is 30.1 Å². The van der Waals surface area contributed by atoms with Gasteiger partial charge in [-0.3, -0.25) is 9.59 Å². The van der Waals surface area contributed by atoms with Crippen molar-refractivity contribution in [3.05, 3.63) is 11.1 Å². The molecule has 2 aliphatic carbocycles. The van der Waals surface area contributed by atoms with E-state index in [2.05, 4.69) is 13.8 Å². The molecule has 1 heterocycles. The van der Waals surface area contributed by atoms with E-state index in [1.54, 1.807) is 6.92 Å². The summed E-state index contributed by atoms with van der Waals surface area (Å²) in [6.45, 7) is 7.11. The molecule has 168 valence electrons. The average Bonchev–Trinajstić information content (AvgIpc) is 2.93. The number of ketones is 1. The molecule has 3 aliphatic rings. The van der Waals surface area contributed by atoms with Crippen molar-refractivity contribution in [2.24, 2.45) is 23.2 Å². The molecule has 0 spiro atoms. The lowest BCUT2D eigenvalue weighted by Crippen LogP contribution is -2.55. The third-order valence-electron chi connectivity index (χ3n) is 7.73. The minimum Gasteiger partial charge on any atom is -0.465 e. The fourth-order valence-electron chi connectivity index (χ4n) is 5.79. The second kappa shape index (κ2) is 8.42. The number of methoxy groups -OCH3 is 1. The third-order valence-corrected chi connectivity index (χ3v) is 7.73. The number of carbonyl (C=O) groups excluding carboxylic acids is 3. The van der Waals surface area contributed by atoms with E-state index in [0.717, 1.165) is 19.3 Å². The van der Waals surface area contributed by atoms with E-state index in [1.807, 2.05) is 0 Å². The second-order valence-electron chi connectivity index (χ2n) is 9.52. The molecular weight excluding hydrogens is 388 g/mol. The molecule has 2 fully saturated rings. The highest BCUT2D eigenvalue weighted by atomic mass is 16.7. The van der Waals surface area contributed by atoms with E-state index in [4.69, 9.17) is 14.2 Å². The van der Waals surface area contributed by atoms with Crippen LogP contribution in [0.2, 0.25) is 0 Å². The number of aliphatic hydroxyl groups is 1. The van der Waals surface area contributed by atoms with E-state index in [9.17, 15) is 19.5 Å². The zero-order valence-corrected chi connectivity index (χ0v) is 18.7. The first-order chi connectivity index (χ1) is 14.1. The molecule has 0 aromatic carbocycles. The van der Waals surface area contributed by atoms with Crippen molar-refractivity contribution < 1.29 is 33.7 Å². The molecular formula is C23H34O7. The predicted molar refractivity (Wildman–Crippen MR) is 108 cm³/mol. The van der Waals surface area contributed by atoms with Crippen LogP contribution in [0.5, 0.6) is 0 Å². The molecule has 2 saturated carbocycles. The van der Waals surface area contributed by atoms with E-state index >= 15 is 0 Å². The molecule has 30 heavy (non-hydrogen) atoms. The van der Waals surface area contributed by atoms with Crippen LogP contribution in [0.4, 0.5) is 0 Å². The fraction of sp³-hybridized carbons (Fsp3) is 0.783. The Morgan fingerprint density at radius 2 is 2.00 bits per heavy atom. The van der Waals surface area contributed by atoms with E-state index in [0.29, 0.717) is 29.9 Å². The van der Waals surface area contributed by atoms with Crippen molar-refractivity contribution in [1.82, 2.24) is 0 Å². The van der Waals surface area contributed by atoms with Crippen LogP contribution in [0.1, 0.15) is 66.2 Å². The Kier molecular flexibility index (Phi) is 6.44. The molecule has 0 amide bonds. The summed E-state index contributed by atoms with van der Waals surface area (Å²) < 4.78 is 16.4. The molecule has 3 rings (SSSR count). The molecule has 6 atom stereocenters. The Hall–Kier alpha value is -1.73. The van der Waals surface area contributed by atoms with Crippen LogP contribution in [0.25, 0.3) is 0 Å². The number of Topliss-reactive ketones (excluding diaryl/α,β-unsaturated/α-hetero) is 1. The van der Waals surface area contributed by atoms with Crippen molar-refractivity contribution in [3.8, 4) is 0 Å². The van der Waals surface area contributed by atoms with E-state index in [1.165, 1.54) is 14.0 Å². The van der Waals surface area contributed by atoms with Crippen LogP contribution < -0.4 is 0 Å². The van der Waals surface area contributed by atoms with Crippen molar-refractivity contribution in [2.75, 3.05) is 13.7 Å². The maximum Gasteiger partial charge on any atom is 0.336 e. The maximum atomic E-state index is 13.2. The number of rotatable bonds is 3. The van der Waals surface area contributed by atoms with Gasteiger partial charge in [0, 0.05) is 31.6 Å². The average molecular weight is 423 g/mol. The van der Waals surface area contributed by atoms with Crippen LogP contribution >= 0.6 is 0 Å². The third kappa shape index (κ3) is 3.82. The summed E-state index contributed by atoms with van der Waals surface area (Å²) in [6, 6.07) is 0. The minimum absolute atomic E-state index is 0.0694. The Morgan fingerprint density at radius 1 is 1.30 bits per heavy atom. The maximum absolute atomic E-state index is 13.2. The molecule has 1 N–H and O–H groups in total. The molecule has 1 aliphatic heterocycles. The molecule has 7 heteroatoms. The molecule has 0 bridgehead atoms. The number of hydrogen-bond donors (Lipinski definition) is 1. The quantitative estimate of drug-likeness (QED) is 0.698. The summed E-state index contributed by atoms with van der Waals surface area (Å²) in [5.74, 6) is -3.42. The zero-order valence-electron chi connectivity index (χ0n) is 18.7. The normalized spacial score (nSPS) is 39.8. The highest BCUT2D eigenvalue weighted by Crippen LogP contribution is 2.54. The number of ether oxygens (including phenoxy) is 3. The highest BCUT2D eigenvalue weighted by Gasteiger charge is 2.58. The van der Waals surface area contributed by atoms with Gasteiger partial charge in [0.1, 0.15) is 18.5 Å². The summed E-state index contributed by atoms with van der Waals surface area (Å²) in [6.07, 6.45) is 3.27. The topological polar surface area (TPSA) is 99.1 Å². The van der Waals surface area contributed by atoms with Gasteiger partial charge in [0.15, 0.2) is 0 Å². The molecule has 0 aromatic heterocycles. The van der Waals surface area contributed by atoms with Gasteiger partial charge in [-0.1, -0.05) is 26.7 Å². The summed E-state index contributed by atoms with van der Waals surface area (Å²) >= 11 is 0. The SMILES string of the molecule is COC12OC(=O)C(C)=C1CC1C(C)CCCC1(C)CCC(=O)C(COC(C)=O)C2O. The summed E-state index contributed by atoms with van der Waals surface area (Å²) in [5, 5.41) is 11.3. The fourth-order valence-corrected chi connectivity index (χ4v) is 5.79. The largest absolute Gasteiger partial charge is 0.465 e. The van der Waals surface area contributed by atoms with Crippen molar-refractivity contribution >= 4 is 17.7 Å². The van der Waals surface area contributed by atoms with Gasteiger partial charge in [0.25, 0.3) is 5.79 Å². The Morgan fingerprint density at radius 3 is 2.63 bits per heavy atom. The summed E-state index contributed by atoms with van der Waals surface area (Å²) in [5.41, 5.74) is 0.963. The molecule has 7 nitrogen and oxygen atoms in total. The van der Waals surface area contributed by atoms with Crippen molar-refractivity contribution in [1.29, 1.82) is 0 Å². The van der Waals surface area contributed by atoms with Gasteiger partial charge in [0.05, 0.1) is 5.92 Å². The number of esters is 2. The Bertz CT molecular complexity index is 757. The number of aliphatic hydroxyl groups excluding tert-OH is 1. The van der Waals surface area contributed by atoms with Gasteiger partial charge in [-0.25, -0.2) is 4.79 Å². The van der Waals surface area contributed by atoms with Gasteiger partial charge < -0.3 is 19.3 Å². The first-order valence-electron chi connectivity index (χ1n) is 10.9. The molecule has 6 unspecified atom stereocenters. The predicted octanol–water partition coefficient (Wildman–Crippen LogP) is 2.94. The number of carbonyl (C=O) groups is 3. The molecule has 0 radical (unpaired) electrons. The lowest BCUT2D eigenvalue weighted by molar-refractivity contribution is -0.243. The van der Waals surface area contributed by atoms with Crippen LogP contribution in [0.15, 0.2) is 11.1 Å². The van der Waals surface area contributed by atoms with Crippen molar-refractivity contribution in [2.45, 2.75) is 78.1 Å². The van der Waals surface area contributed by atoms with Gasteiger partial charge in [0.2, 0.25) is 0 Å². The zero-order chi connectivity index (χ0) is 22.3. The first kappa shape index (κ1) is 22.9. The first-order valence-corrected chi connectivity index (χ1v) is 10.9. The lowest BCUT2D eigenvalue weighted by Gasteiger charge is -2.48. The van der Waals surface area contributed by atoms with Crippen LogP contribution in [-0.2, 0) is 28.6 Å². The standard InChI is InChI=1S/C23H34O7/c1-13-7-6-9-22(4)10-8-19(25)16(12-29-15(3)24)20(26)23(28-5)18(11-17(13)22)14(2)21(27)30-23/h13,16-17,20,26H,6-12H2,1-5H3. The molecule has 0 saturated heterocycles. The smallest absolute Gasteiger partial charge is 0.336 e. The lowest BCUT2D eigenvalue weighted by atomic mass is 9.58. The second-order valence-corrected chi connectivity index (χ2v) is 9.52. The van der Waals surface area contributed by atoms with Crippen LogP contribution in [0, 0.1) is 23.2 Å². The highest BCUT2D eigenvalue weighted by molar-refractivity contribution is 5.92. The Labute approximate surface area is 178 Å². The monoisotopic (exact) mass is 422 g/mol. The summed E-state index contributed by atoms with van der Waals surface area (Å²) in [7, 11) is 1.37. The summed E-state index contributed by atoms with van der Waals surface area (Å²) in [4.78, 5) is 37.2. The van der Waals surface area contributed by atoms with Gasteiger partial charge in [-0.2, -0.15) is 0 Å². The number of hydrogen-bond acceptors (Lipinski definition) is 7. The van der Waals surface area contributed by atoms with Crippen LogP contribution in [-0.4, -0.2) is 48.4 Å². The van der Waals surface area contributed by atoms with Crippen LogP contribution in [0.3, 0.4) is 0 Å². The van der Waals surface area contributed by atoms with Crippen molar-refractivity contribution in [3.63, 3.8) is 0 Å². The number of fused-ring (bicyclic) bond motifs is 2. The molecule has 0 aromatic rings. The van der Waals surface area contributed by atoms with Gasteiger partial charge in [-0.05, 0) is 43.4 Å². The minimum atomic E-state index is -1.74. The van der Waals surface area contributed by atoms with Gasteiger partial charge in [-0.15, -0.1) is 0 Å². The van der Waals surface area contributed by atoms with Gasteiger partial charge >= 0.3 is 11.9 Å². The van der Waals surface area contributed by atoms with E-state index < -0.39 is 29.7 Å².